The van der Waals surface area contributed by atoms with E-state index < -0.39 is 0 Å². The summed E-state index contributed by atoms with van der Waals surface area (Å²) in [6.07, 6.45) is 8.63. The summed E-state index contributed by atoms with van der Waals surface area (Å²) in [5.74, 6) is 2.62. The second kappa shape index (κ2) is 5.92. The zero-order chi connectivity index (χ0) is 18.0. The lowest BCUT2D eigenvalue weighted by molar-refractivity contribution is -0.125. The van der Waals surface area contributed by atoms with Gasteiger partial charge in [0.1, 0.15) is 0 Å². The van der Waals surface area contributed by atoms with Crippen LogP contribution in [-0.2, 0) is 4.79 Å². The van der Waals surface area contributed by atoms with E-state index in [0.29, 0.717) is 42.4 Å². The number of carbonyl (C=O) groups is 1. The average molecular weight is 347 g/mol. The molecule has 3 fully saturated rings. The van der Waals surface area contributed by atoms with E-state index in [9.17, 15) is 15.0 Å². The van der Waals surface area contributed by atoms with Crippen molar-refractivity contribution in [2.45, 2.75) is 71.8 Å². The number of aliphatic hydroxyl groups excluding tert-OH is 2. The zero-order valence-electron chi connectivity index (χ0n) is 16.0. The van der Waals surface area contributed by atoms with Crippen LogP contribution < -0.4 is 0 Å². The molecule has 0 aromatic carbocycles. The van der Waals surface area contributed by atoms with Gasteiger partial charge in [-0.05, 0) is 85.0 Å². The molecule has 0 heterocycles. The molecule has 25 heavy (non-hydrogen) atoms. The number of hydrogen-bond acceptors (Lipinski definition) is 3. The van der Waals surface area contributed by atoms with E-state index >= 15 is 0 Å². The minimum Gasteiger partial charge on any atom is -0.396 e. The van der Waals surface area contributed by atoms with Crippen LogP contribution in [-0.4, -0.2) is 28.7 Å². The number of hydrogen-bond donors (Lipinski definition) is 2. The predicted octanol–water partition coefficient (Wildman–Crippen LogP) is 3.73. The Labute approximate surface area is 151 Å². The summed E-state index contributed by atoms with van der Waals surface area (Å²) in [7, 11) is 0. The fourth-order valence-electron chi connectivity index (χ4n) is 7.63. The van der Waals surface area contributed by atoms with Crippen LogP contribution in [0.4, 0.5) is 0 Å². The van der Waals surface area contributed by atoms with E-state index in [0.717, 1.165) is 12.8 Å². The van der Waals surface area contributed by atoms with Crippen molar-refractivity contribution in [3.8, 4) is 0 Å². The molecule has 0 bridgehead atoms. The molecule has 4 rings (SSSR count). The van der Waals surface area contributed by atoms with Crippen molar-refractivity contribution in [3.63, 3.8) is 0 Å². The van der Waals surface area contributed by atoms with Crippen LogP contribution in [0.5, 0.6) is 0 Å². The Bertz CT molecular complexity index is 596. The van der Waals surface area contributed by atoms with Crippen LogP contribution in [0.15, 0.2) is 11.6 Å². The fraction of sp³-hybridized carbons (Fsp3) is 0.864. The van der Waals surface area contributed by atoms with Gasteiger partial charge in [-0.1, -0.05) is 26.3 Å². The predicted molar refractivity (Wildman–Crippen MR) is 97.8 cm³/mol. The van der Waals surface area contributed by atoms with Crippen molar-refractivity contribution in [2.75, 3.05) is 6.61 Å². The van der Waals surface area contributed by atoms with Crippen LogP contribution in [0.1, 0.15) is 65.7 Å². The first-order chi connectivity index (χ1) is 11.8. The maximum atomic E-state index is 11.9. The standard InChI is InChI=1S/C22H34O3/c1-13(12-23)16-4-5-17-20-18(7-9-22(16,17)3)21(2)8-6-15(24)10-14(21)11-19(20)25/h10,13,16-20,23,25H,4-9,11-12H2,1-3H3/t13?,16?,17?,18?,19-,20?,21+,22-/m1/s1. The highest BCUT2D eigenvalue weighted by atomic mass is 16.3. The van der Waals surface area contributed by atoms with Crippen LogP contribution in [0.3, 0.4) is 0 Å². The summed E-state index contributed by atoms with van der Waals surface area (Å²) in [5, 5.41) is 20.8. The van der Waals surface area contributed by atoms with Crippen LogP contribution in [0.25, 0.3) is 0 Å². The summed E-state index contributed by atoms with van der Waals surface area (Å²) in [4.78, 5) is 11.9. The monoisotopic (exact) mass is 346 g/mol. The molecule has 4 aliphatic rings. The van der Waals surface area contributed by atoms with Gasteiger partial charge in [-0.2, -0.15) is 0 Å². The Morgan fingerprint density at radius 2 is 1.96 bits per heavy atom. The Hall–Kier alpha value is -0.670. The van der Waals surface area contributed by atoms with Crippen LogP contribution in [0, 0.1) is 40.4 Å². The van der Waals surface area contributed by atoms with Crippen molar-refractivity contribution in [1.82, 2.24) is 0 Å². The van der Waals surface area contributed by atoms with Crippen molar-refractivity contribution >= 4 is 5.78 Å². The highest BCUT2D eigenvalue weighted by Crippen LogP contribution is 2.67. The highest BCUT2D eigenvalue weighted by Gasteiger charge is 2.61. The van der Waals surface area contributed by atoms with Crippen molar-refractivity contribution in [1.29, 1.82) is 0 Å². The van der Waals surface area contributed by atoms with Crippen molar-refractivity contribution in [3.05, 3.63) is 11.6 Å². The van der Waals surface area contributed by atoms with Gasteiger partial charge in [0.05, 0.1) is 6.10 Å². The molecule has 0 radical (unpaired) electrons. The number of ketones is 1. The summed E-state index contributed by atoms with van der Waals surface area (Å²) < 4.78 is 0. The molecule has 140 valence electrons. The molecule has 4 aliphatic carbocycles. The normalized spacial score (nSPS) is 50.5. The van der Waals surface area contributed by atoms with E-state index in [1.54, 1.807) is 0 Å². The first kappa shape index (κ1) is 17.7. The quantitative estimate of drug-likeness (QED) is 0.801. The molecule has 3 nitrogen and oxygen atoms in total. The highest BCUT2D eigenvalue weighted by molar-refractivity contribution is 5.91. The van der Waals surface area contributed by atoms with Gasteiger partial charge in [0.15, 0.2) is 5.78 Å². The minimum absolute atomic E-state index is 0.111. The zero-order valence-corrected chi connectivity index (χ0v) is 16.0. The van der Waals surface area contributed by atoms with Crippen LogP contribution >= 0.6 is 0 Å². The van der Waals surface area contributed by atoms with E-state index in [2.05, 4.69) is 20.8 Å². The Morgan fingerprint density at radius 3 is 2.68 bits per heavy atom. The lowest BCUT2D eigenvalue weighted by Gasteiger charge is -2.59. The van der Waals surface area contributed by atoms with E-state index in [1.807, 2.05) is 6.08 Å². The molecule has 0 aliphatic heterocycles. The van der Waals surface area contributed by atoms with Gasteiger partial charge in [0.25, 0.3) is 0 Å². The Kier molecular flexibility index (Phi) is 4.20. The summed E-state index contributed by atoms with van der Waals surface area (Å²) in [5.41, 5.74) is 1.59. The maximum Gasteiger partial charge on any atom is 0.155 e. The number of aliphatic hydroxyl groups is 2. The molecule has 0 aromatic heterocycles. The van der Waals surface area contributed by atoms with Gasteiger partial charge in [-0.3, -0.25) is 4.79 Å². The largest absolute Gasteiger partial charge is 0.396 e. The van der Waals surface area contributed by atoms with Gasteiger partial charge in [-0.25, -0.2) is 0 Å². The molecule has 5 unspecified atom stereocenters. The van der Waals surface area contributed by atoms with Gasteiger partial charge in [0, 0.05) is 13.0 Å². The van der Waals surface area contributed by atoms with Gasteiger partial charge >= 0.3 is 0 Å². The Morgan fingerprint density at radius 1 is 1.20 bits per heavy atom. The number of rotatable bonds is 2. The van der Waals surface area contributed by atoms with E-state index in [-0.39, 0.29) is 29.3 Å². The topological polar surface area (TPSA) is 57.5 Å². The second-order valence-electron chi connectivity index (χ2n) is 10.0. The van der Waals surface area contributed by atoms with Crippen molar-refractivity contribution in [2.24, 2.45) is 40.4 Å². The lowest BCUT2D eigenvalue weighted by Crippen LogP contribution is -2.55. The summed E-state index contributed by atoms with van der Waals surface area (Å²) in [6, 6.07) is 0. The molecule has 8 atom stereocenters. The molecule has 3 heteroatoms. The SMILES string of the molecule is CC(CO)C1CCC2C3C(CC[C@]12C)[C@@]1(C)CCC(=O)C=C1C[C@H]3O. The molecule has 0 saturated heterocycles. The smallest absolute Gasteiger partial charge is 0.155 e. The van der Waals surface area contributed by atoms with Gasteiger partial charge in [-0.15, -0.1) is 0 Å². The minimum atomic E-state index is -0.303. The third-order valence-electron chi connectivity index (χ3n) is 9.03. The first-order valence-electron chi connectivity index (χ1n) is 10.3. The third-order valence-corrected chi connectivity index (χ3v) is 9.03. The molecule has 3 saturated carbocycles. The van der Waals surface area contributed by atoms with Gasteiger partial charge < -0.3 is 10.2 Å². The molecular formula is C22H34O3. The summed E-state index contributed by atoms with van der Waals surface area (Å²) >= 11 is 0. The molecule has 2 N–H and O–H groups in total. The summed E-state index contributed by atoms with van der Waals surface area (Å²) in [6.45, 7) is 7.26. The van der Waals surface area contributed by atoms with Gasteiger partial charge in [0.2, 0.25) is 0 Å². The molecule has 0 amide bonds. The van der Waals surface area contributed by atoms with E-state index in [1.165, 1.54) is 24.8 Å². The molecule has 0 spiro atoms. The molecule has 0 aromatic rings. The van der Waals surface area contributed by atoms with Crippen LogP contribution in [0.2, 0.25) is 0 Å². The first-order valence-corrected chi connectivity index (χ1v) is 10.3. The second-order valence-corrected chi connectivity index (χ2v) is 10.0. The third kappa shape index (κ3) is 2.41. The Balaban J connectivity index is 1.68. The lowest BCUT2D eigenvalue weighted by atomic mass is 9.46. The maximum absolute atomic E-state index is 11.9. The fourth-order valence-corrected chi connectivity index (χ4v) is 7.63. The van der Waals surface area contributed by atoms with Crippen molar-refractivity contribution < 1.29 is 15.0 Å². The van der Waals surface area contributed by atoms with E-state index in [4.69, 9.17) is 0 Å². The average Bonchev–Trinajstić information content (AvgIpc) is 2.93. The number of carbonyl (C=O) groups excluding carboxylic acids is 1. The molecular weight excluding hydrogens is 312 g/mol. The number of fused-ring (bicyclic) bond motifs is 5.